The van der Waals surface area contributed by atoms with Gasteiger partial charge in [0.15, 0.2) is 0 Å². The first-order valence-corrected chi connectivity index (χ1v) is 6.08. The maximum atomic E-state index is 8.95. The number of thioether (sulfide) groups is 1. The Morgan fingerprint density at radius 1 is 1.53 bits per heavy atom. The monoisotopic (exact) mass is 220 g/mol. The molecular weight excluding hydrogens is 204 g/mol. The average molecular weight is 220 g/mol. The zero-order valence-corrected chi connectivity index (χ0v) is 9.97. The van der Waals surface area contributed by atoms with E-state index in [2.05, 4.69) is 19.9 Å². The molecule has 1 atom stereocenters. The number of rotatable bonds is 4. The minimum Gasteiger partial charge on any atom is -0.399 e. The van der Waals surface area contributed by atoms with Crippen molar-refractivity contribution in [1.82, 2.24) is 0 Å². The van der Waals surface area contributed by atoms with E-state index in [0.717, 1.165) is 10.6 Å². The highest BCUT2D eigenvalue weighted by Crippen LogP contribution is 2.26. The van der Waals surface area contributed by atoms with E-state index in [-0.39, 0.29) is 0 Å². The van der Waals surface area contributed by atoms with Crippen LogP contribution in [0.25, 0.3) is 0 Å². The van der Waals surface area contributed by atoms with E-state index in [9.17, 15) is 0 Å². The van der Waals surface area contributed by atoms with Crippen LogP contribution in [-0.2, 0) is 0 Å². The Morgan fingerprint density at radius 2 is 2.27 bits per heavy atom. The second kappa shape index (κ2) is 5.67. The summed E-state index contributed by atoms with van der Waals surface area (Å²) >= 11 is 1.73. The molecule has 80 valence electrons. The van der Waals surface area contributed by atoms with Crippen molar-refractivity contribution in [1.29, 1.82) is 5.26 Å². The lowest BCUT2D eigenvalue weighted by Gasteiger charge is -2.09. The van der Waals surface area contributed by atoms with Gasteiger partial charge in [-0.3, -0.25) is 0 Å². The molecule has 0 saturated heterocycles. The molecule has 0 spiro atoms. The summed E-state index contributed by atoms with van der Waals surface area (Å²) in [6, 6.07) is 7.69. The molecular formula is C12H16N2S. The first-order valence-electron chi connectivity index (χ1n) is 5.09. The van der Waals surface area contributed by atoms with Gasteiger partial charge in [0, 0.05) is 16.3 Å². The SMILES string of the molecule is CCC(C)CSc1ccc(N)cc1C#N. The Kier molecular flexibility index (Phi) is 4.51. The molecule has 1 rings (SSSR count). The number of nitrogen functional groups attached to an aromatic ring is 1. The lowest BCUT2D eigenvalue weighted by Crippen LogP contribution is -1.96. The van der Waals surface area contributed by atoms with Crippen LogP contribution in [0.2, 0.25) is 0 Å². The van der Waals surface area contributed by atoms with Gasteiger partial charge >= 0.3 is 0 Å². The zero-order valence-electron chi connectivity index (χ0n) is 9.16. The highest BCUT2D eigenvalue weighted by atomic mass is 32.2. The van der Waals surface area contributed by atoms with E-state index in [4.69, 9.17) is 11.0 Å². The van der Waals surface area contributed by atoms with Crippen molar-refractivity contribution in [3.8, 4) is 6.07 Å². The van der Waals surface area contributed by atoms with Crippen LogP contribution >= 0.6 is 11.8 Å². The minimum absolute atomic E-state index is 0.652. The topological polar surface area (TPSA) is 49.8 Å². The Balaban J connectivity index is 2.73. The number of hydrogen-bond donors (Lipinski definition) is 1. The molecule has 0 aliphatic heterocycles. The van der Waals surface area contributed by atoms with Crippen molar-refractivity contribution in [3.05, 3.63) is 23.8 Å². The van der Waals surface area contributed by atoms with Gasteiger partial charge < -0.3 is 5.73 Å². The van der Waals surface area contributed by atoms with E-state index in [0.29, 0.717) is 17.2 Å². The van der Waals surface area contributed by atoms with Gasteiger partial charge in [-0.25, -0.2) is 0 Å². The Hall–Kier alpha value is -1.14. The summed E-state index contributed by atoms with van der Waals surface area (Å²) in [6.45, 7) is 4.40. The summed E-state index contributed by atoms with van der Waals surface area (Å²) in [7, 11) is 0. The fourth-order valence-corrected chi connectivity index (χ4v) is 2.23. The first-order chi connectivity index (χ1) is 7.17. The van der Waals surface area contributed by atoms with Crippen LogP contribution in [0.5, 0.6) is 0 Å². The molecule has 0 radical (unpaired) electrons. The fraction of sp³-hybridized carbons (Fsp3) is 0.417. The number of hydrogen-bond acceptors (Lipinski definition) is 3. The van der Waals surface area contributed by atoms with E-state index in [1.54, 1.807) is 17.8 Å². The summed E-state index contributed by atoms with van der Waals surface area (Å²) in [4.78, 5) is 1.03. The van der Waals surface area contributed by atoms with Gasteiger partial charge in [-0.05, 0) is 24.1 Å². The molecule has 0 aliphatic rings. The second-order valence-electron chi connectivity index (χ2n) is 3.69. The third-order valence-electron chi connectivity index (χ3n) is 2.34. The fourth-order valence-electron chi connectivity index (χ4n) is 1.11. The van der Waals surface area contributed by atoms with Crippen LogP contribution in [0.1, 0.15) is 25.8 Å². The molecule has 2 N–H and O–H groups in total. The lowest BCUT2D eigenvalue weighted by molar-refractivity contribution is 0.637. The maximum absolute atomic E-state index is 8.95. The molecule has 0 aromatic heterocycles. The maximum Gasteiger partial charge on any atom is 0.100 e. The van der Waals surface area contributed by atoms with Crippen molar-refractivity contribution < 1.29 is 0 Å². The van der Waals surface area contributed by atoms with Crippen LogP contribution in [0, 0.1) is 17.2 Å². The van der Waals surface area contributed by atoms with Crippen LogP contribution in [0.3, 0.4) is 0 Å². The van der Waals surface area contributed by atoms with Crippen molar-refractivity contribution in [2.75, 3.05) is 11.5 Å². The number of benzene rings is 1. The van der Waals surface area contributed by atoms with E-state index in [1.165, 1.54) is 6.42 Å². The van der Waals surface area contributed by atoms with Crippen LogP contribution in [0.15, 0.2) is 23.1 Å². The summed E-state index contributed by atoms with van der Waals surface area (Å²) in [5.41, 5.74) is 6.96. The normalized spacial score (nSPS) is 12.1. The summed E-state index contributed by atoms with van der Waals surface area (Å²) in [6.07, 6.45) is 1.17. The molecule has 0 amide bonds. The molecule has 0 aliphatic carbocycles. The highest BCUT2D eigenvalue weighted by Gasteiger charge is 2.05. The largest absolute Gasteiger partial charge is 0.399 e. The molecule has 15 heavy (non-hydrogen) atoms. The molecule has 0 fully saturated rings. The van der Waals surface area contributed by atoms with Gasteiger partial charge in [-0.15, -0.1) is 11.8 Å². The van der Waals surface area contributed by atoms with Gasteiger partial charge in [-0.2, -0.15) is 5.26 Å². The van der Waals surface area contributed by atoms with Crippen molar-refractivity contribution in [2.45, 2.75) is 25.2 Å². The molecule has 0 bridgehead atoms. The highest BCUT2D eigenvalue weighted by molar-refractivity contribution is 7.99. The predicted octanol–water partition coefficient (Wildman–Crippen LogP) is 3.28. The molecule has 2 nitrogen and oxygen atoms in total. The van der Waals surface area contributed by atoms with Gasteiger partial charge in [0.25, 0.3) is 0 Å². The molecule has 0 heterocycles. The summed E-state index contributed by atoms with van der Waals surface area (Å²) in [5.74, 6) is 1.73. The molecule has 1 aromatic rings. The Morgan fingerprint density at radius 3 is 2.87 bits per heavy atom. The van der Waals surface area contributed by atoms with Crippen molar-refractivity contribution in [2.24, 2.45) is 5.92 Å². The number of anilines is 1. The van der Waals surface area contributed by atoms with E-state index >= 15 is 0 Å². The predicted molar refractivity (Wildman–Crippen MR) is 65.7 cm³/mol. The molecule has 3 heteroatoms. The molecule has 1 aromatic carbocycles. The first kappa shape index (κ1) is 11.9. The quantitative estimate of drug-likeness (QED) is 0.625. The smallest absolute Gasteiger partial charge is 0.100 e. The Labute approximate surface area is 95.5 Å². The van der Waals surface area contributed by atoms with Crippen LogP contribution in [0.4, 0.5) is 5.69 Å². The summed E-state index contributed by atoms with van der Waals surface area (Å²) < 4.78 is 0. The van der Waals surface area contributed by atoms with Crippen LogP contribution < -0.4 is 5.73 Å². The third kappa shape index (κ3) is 3.49. The van der Waals surface area contributed by atoms with Gasteiger partial charge in [0.1, 0.15) is 6.07 Å². The van der Waals surface area contributed by atoms with Gasteiger partial charge in [-0.1, -0.05) is 20.3 Å². The van der Waals surface area contributed by atoms with E-state index < -0.39 is 0 Å². The lowest BCUT2D eigenvalue weighted by atomic mass is 10.2. The van der Waals surface area contributed by atoms with Gasteiger partial charge in [0.05, 0.1) is 5.56 Å². The number of nitrogens with zero attached hydrogens (tertiary/aromatic N) is 1. The van der Waals surface area contributed by atoms with Crippen LogP contribution in [-0.4, -0.2) is 5.75 Å². The number of nitrogens with two attached hydrogens (primary N) is 1. The minimum atomic E-state index is 0.652. The van der Waals surface area contributed by atoms with Gasteiger partial charge in [0.2, 0.25) is 0 Å². The van der Waals surface area contributed by atoms with E-state index in [1.807, 2.05) is 12.1 Å². The number of nitriles is 1. The standard InChI is InChI=1S/C12H16N2S/c1-3-9(2)8-15-12-5-4-11(14)6-10(12)7-13/h4-6,9H,3,8,14H2,1-2H3. The van der Waals surface area contributed by atoms with Crippen molar-refractivity contribution in [3.63, 3.8) is 0 Å². The molecule has 0 saturated carbocycles. The zero-order chi connectivity index (χ0) is 11.3. The molecule has 1 unspecified atom stereocenters. The summed E-state index contributed by atoms with van der Waals surface area (Å²) in [5, 5.41) is 8.95. The van der Waals surface area contributed by atoms with Crippen molar-refractivity contribution >= 4 is 17.4 Å². The Bertz CT molecular complexity index is 368. The third-order valence-corrected chi connectivity index (χ3v) is 3.75. The second-order valence-corrected chi connectivity index (χ2v) is 4.75. The average Bonchev–Trinajstić information content (AvgIpc) is 2.26.